The number of likely N-dealkylation sites (tertiary alicyclic amines) is 1. The summed E-state index contributed by atoms with van der Waals surface area (Å²) in [5, 5.41) is 8.36. The number of nitrogens with one attached hydrogen (secondary N) is 1. The number of rotatable bonds is 4. The molecule has 4 rings (SSSR count). The van der Waals surface area contributed by atoms with Crippen LogP contribution >= 0.6 is 12.4 Å². The summed E-state index contributed by atoms with van der Waals surface area (Å²) in [6.07, 6.45) is 2.69. The van der Waals surface area contributed by atoms with Crippen molar-refractivity contribution in [2.45, 2.75) is 39.8 Å². The van der Waals surface area contributed by atoms with Gasteiger partial charge >= 0.3 is 0 Å². The van der Waals surface area contributed by atoms with Crippen molar-refractivity contribution in [3.05, 3.63) is 52.8 Å². The molecular formula is C20H29ClN4. The normalized spacial score (nSPS) is 23.3. The standard InChI is InChI=1S/C20H28N4.ClH/c1-16-19(13-23-11-9-20(15-23)8-10-21-14-20)17(2)24(22-16)12-18-6-4-3-5-7-18;/h3-7,21H,8-15H2,1-2H3;1H. The summed E-state index contributed by atoms with van der Waals surface area (Å²) in [6.45, 7) is 11.2. The van der Waals surface area contributed by atoms with Gasteiger partial charge in [-0.15, -0.1) is 12.4 Å². The maximum Gasteiger partial charge on any atom is 0.0662 e. The van der Waals surface area contributed by atoms with Crippen LogP contribution < -0.4 is 5.32 Å². The predicted octanol–water partition coefficient (Wildman–Crippen LogP) is 3.16. The summed E-state index contributed by atoms with van der Waals surface area (Å²) in [6, 6.07) is 10.6. The van der Waals surface area contributed by atoms with Crippen LogP contribution in [0.5, 0.6) is 0 Å². The quantitative estimate of drug-likeness (QED) is 0.909. The zero-order chi connectivity index (χ0) is 16.6. The van der Waals surface area contributed by atoms with E-state index in [0.29, 0.717) is 5.41 Å². The third kappa shape index (κ3) is 3.76. The Morgan fingerprint density at radius 2 is 1.92 bits per heavy atom. The Morgan fingerprint density at radius 3 is 2.64 bits per heavy atom. The molecule has 2 aliphatic rings. The molecule has 0 amide bonds. The maximum atomic E-state index is 4.81. The molecule has 1 aromatic heterocycles. The molecule has 1 aromatic carbocycles. The van der Waals surface area contributed by atoms with Crippen LogP contribution in [0.2, 0.25) is 0 Å². The largest absolute Gasteiger partial charge is 0.316 e. The minimum atomic E-state index is 0. The summed E-state index contributed by atoms with van der Waals surface area (Å²) in [7, 11) is 0. The predicted molar refractivity (Wildman–Crippen MR) is 104 cm³/mol. The monoisotopic (exact) mass is 360 g/mol. The summed E-state index contributed by atoms with van der Waals surface area (Å²) in [5.41, 5.74) is 5.79. The van der Waals surface area contributed by atoms with Crippen LogP contribution in [0.4, 0.5) is 0 Å². The van der Waals surface area contributed by atoms with E-state index in [1.54, 1.807) is 0 Å². The van der Waals surface area contributed by atoms with Crippen LogP contribution in [0.25, 0.3) is 0 Å². The van der Waals surface area contributed by atoms with Crippen LogP contribution in [0, 0.1) is 19.3 Å². The molecule has 1 atom stereocenters. The van der Waals surface area contributed by atoms with E-state index in [0.717, 1.165) is 13.1 Å². The fourth-order valence-corrected chi connectivity index (χ4v) is 4.40. The minimum Gasteiger partial charge on any atom is -0.316 e. The van der Waals surface area contributed by atoms with Gasteiger partial charge in [0, 0.05) is 30.9 Å². The smallest absolute Gasteiger partial charge is 0.0662 e. The van der Waals surface area contributed by atoms with E-state index in [1.165, 1.54) is 61.5 Å². The minimum absolute atomic E-state index is 0. The molecule has 1 N–H and O–H groups in total. The Morgan fingerprint density at radius 1 is 1.12 bits per heavy atom. The molecule has 5 heteroatoms. The highest BCUT2D eigenvalue weighted by molar-refractivity contribution is 5.85. The van der Waals surface area contributed by atoms with Crippen LogP contribution in [0.15, 0.2) is 30.3 Å². The van der Waals surface area contributed by atoms with E-state index < -0.39 is 0 Å². The van der Waals surface area contributed by atoms with Gasteiger partial charge in [-0.2, -0.15) is 5.10 Å². The molecular weight excluding hydrogens is 332 g/mol. The number of halogens is 1. The van der Waals surface area contributed by atoms with Gasteiger partial charge in [0.25, 0.3) is 0 Å². The molecule has 3 heterocycles. The first-order valence-electron chi connectivity index (χ1n) is 9.15. The summed E-state index contributed by atoms with van der Waals surface area (Å²) in [4.78, 5) is 2.64. The molecule has 4 nitrogen and oxygen atoms in total. The first kappa shape index (κ1) is 18.4. The molecule has 0 bridgehead atoms. The molecule has 0 radical (unpaired) electrons. The third-order valence-corrected chi connectivity index (χ3v) is 5.94. The van der Waals surface area contributed by atoms with Crippen molar-refractivity contribution in [1.82, 2.24) is 20.0 Å². The second kappa shape index (κ2) is 7.48. The number of hydrogen-bond acceptors (Lipinski definition) is 3. The second-order valence-corrected chi connectivity index (χ2v) is 7.68. The van der Waals surface area contributed by atoms with Gasteiger partial charge in [0.05, 0.1) is 12.2 Å². The molecule has 2 fully saturated rings. The van der Waals surface area contributed by atoms with Crippen molar-refractivity contribution >= 4 is 12.4 Å². The van der Waals surface area contributed by atoms with Gasteiger partial charge in [0.1, 0.15) is 0 Å². The zero-order valence-corrected chi connectivity index (χ0v) is 16.1. The molecule has 1 spiro atoms. The van der Waals surface area contributed by atoms with Crippen molar-refractivity contribution < 1.29 is 0 Å². The number of nitrogens with zero attached hydrogens (tertiary/aromatic N) is 3. The van der Waals surface area contributed by atoms with Crippen LogP contribution in [-0.2, 0) is 13.1 Å². The zero-order valence-electron chi connectivity index (χ0n) is 15.3. The van der Waals surface area contributed by atoms with Crippen molar-refractivity contribution in [1.29, 1.82) is 0 Å². The lowest BCUT2D eigenvalue weighted by molar-refractivity contribution is 0.268. The van der Waals surface area contributed by atoms with E-state index in [-0.39, 0.29) is 12.4 Å². The lowest BCUT2D eigenvalue weighted by Crippen LogP contribution is -2.29. The molecule has 25 heavy (non-hydrogen) atoms. The Hall–Kier alpha value is -1.36. The number of aromatic nitrogens is 2. The van der Waals surface area contributed by atoms with E-state index in [9.17, 15) is 0 Å². The SMILES string of the molecule is Cc1nn(Cc2ccccc2)c(C)c1CN1CCC2(CCNC2)C1.Cl. The molecule has 2 saturated heterocycles. The van der Waals surface area contributed by atoms with Gasteiger partial charge in [0.2, 0.25) is 0 Å². The molecule has 0 aliphatic carbocycles. The summed E-state index contributed by atoms with van der Waals surface area (Å²) < 4.78 is 2.17. The van der Waals surface area contributed by atoms with Gasteiger partial charge in [-0.1, -0.05) is 30.3 Å². The van der Waals surface area contributed by atoms with E-state index in [2.05, 4.69) is 59.1 Å². The first-order chi connectivity index (χ1) is 11.7. The Labute approximate surface area is 157 Å². The number of benzene rings is 1. The average molecular weight is 361 g/mol. The number of aryl methyl sites for hydroxylation is 1. The molecule has 1 unspecified atom stereocenters. The van der Waals surface area contributed by atoms with Gasteiger partial charge in [-0.3, -0.25) is 9.58 Å². The van der Waals surface area contributed by atoms with Gasteiger partial charge in [0.15, 0.2) is 0 Å². The fourth-order valence-electron chi connectivity index (χ4n) is 4.40. The number of hydrogen-bond donors (Lipinski definition) is 1. The average Bonchev–Trinajstić information content (AvgIpc) is 3.27. The van der Waals surface area contributed by atoms with Crippen molar-refractivity contribution in [3.63, 3.8) is 0 Å². The molecule has 2 aliphatic heterocycles. The van der Waals surface area contributed by atoms with E-state index in [1.807, 2.05) is 0 Å². The maximum absolute atomic E-state index is 4.81. The van der Waals surface area contributed by atoms with Crippen molar-refractivity contribution in [2.75, 3.05) is 26.2 Å². The Balaban J connectivity index is 0.00000182. The second-order valence-electron chi connectivity index (χ2n) is 7.68. The van der Waals surface area contributed by atoms with Gasteiger partial charge in [-0.25, -0.2) is 0 Å². The van der Waals surface area contributed by atoms with E-state index >= 15 is 0 Å². The Bertz CT molecular complexity index is 704. The summed E-state index contributed by atoms with van der Waals surface area (Å²) >= 11 is 0. The van der Waals surface area contributed by atoms with E-state index in [4.69, 9.17) is 5.10 Å². The third-order valence-electron chi connectivity index (χ3n) is 5.94. The van der Waals surface area contributed by atoms with Crippen molar-refractivity contribution in [2.24, 2.45) is 5.41 Å². The van der Waals surface area contributed by atoms with Gasteiger partial charge < -0.3 is 5.32 Å². The highest BCUT2D eigenvalue weighted by atomic mass is 35.5. The molecule has 136 valence electrons. The summed E-state index contributed by atoms with van der Waals surface area (Å²) in [5.74, 6) is 0. The fraction of sp³-hybridized carbons (Fsp3) is 0.550. The molecule has 2 aromatic rings. The first-order valence-corrected chi connectivity index (χ1v) is 9.15. The van der Waals surface area contributed by atoms with Crippen LogP contribution in [-0.4, -0.2) is 40.9 Å². The van der Waals surface area contributed by atoms with Crippen molar-refractivity contribution in [3.8, 4) is 0 Å². The van der Waals surface area contributed by atoms with Gasteiger partial charge in [-0.05, 0) is 50.8 Å². The highest BCUT2D eigenvalue weighted by Crippen LogP contribution is 2.36. The lowest BCUT2D eigenvalue weighted by Gasteiger charge is -2.23. The van der Waals surface area contributed by atoms with Crippen LogP contribution in [0.1, 0.15) is 35.4 Å². The highest BCUT2D eigenvalue weighted by Gasteiger charge is 2.40. The van der Waals surface area contributed by atoms with Crippen LogP contribution in [0.3, 0.4) is 0 Å². The topological polar surface area (TPSA) is 33.1 Å². The lowest BCUT2D eigenvalue weighted by atomic mass is 9.86. The molecule has 0 saturated carbocycles. The Kier molecular flexibility index (Phi) is 5.52.